The molecule has 0 fully saturated rings. The first-order chi connectivity index (χ1) is 5.41. The van der Waals surface area contributed by atoms with E-state index in [1.807, 2.05) is 0 Å². The van der Waals surface area contributed by atoms with Crippen molar-refractivity contribution in [3.05, 3.63) is 22.2 Å². The fraction of sp³-hybridized carbons (Fsp3) is 0.200. The molecule has 0 aliphatic heterocycles. The van der Waals surface area contributed by atoms with Crippen molar-refractivity contribution in [3.63, 3.8) is 0 Å². The van der Waals surface area contributed by atoms with Crippen LogP contribution in [0.25, 0.3) is 0 Å². The molecule has 0 atom stereocenters. The second-order valence-electron chi connectivity index (χ2n) is 1.83. The molecular formula is C5HCl5N2. The van der Waals surface area contributed by atoms with Gasteiger partial charge in [0.15, 0.2) is 11.0 Å². The van der Waals surface area contributed by atoms with Gasteiger partial charge in [-0.3, -0.25) is 0 Å². The van der Waals surface area contributed by atoms with Crippen LogP contribution in [-0.4, -0.2) is 9.97 Å². The van der Waals surface area contributed by atoms with E-state index in [-0.39, 0.29) is 16.0 Å². The van der Waals surface area contributed by atoms with Gasteiger partial charge >= 0.3 is 0 Å². The van der Waals surface area contributed by atoms with Crippen LogP contribution in [0.5, 0.6) is 0 Å². The predicted molar refractivity (Wildman–Crippen MR) is 51.3 cm³/mol. The highest BCUT2D eigenvalue weighted by Gasteiger charge is 2.27. The SMILES string of the molecule is Clc1cnc(C(Cl)(Cl)Cl)nc1Cl. The highest BCUT2D eigenvalue weighted by molar-refractivity contribution is 6.66. The second-order valence-corrected chi connectivity index (χ2v) is 4.88. The van der Waals surface area contributed by atoms with E-state index in [4.69, 9.17) is 58.0 Å². The molecule has 0 radical (unpaired) electrons. The summed E-state index contributed by atoms with van der Waals surface area (Å²) >= 11 is 27.6. The van der Waals surface area contributed by atoms with Gasteiger partial charge in [-0.15, -0.1) is 0 Å². The van der Waals surface area contributed by atoms with E-state index in [2.05, 4.69) is 9.97 Å². The van der Waals surface area contributed by atoms with E-state index in [9.17, 15) is 0 Å². The molecule has 0 aliphatic carbocycles. The number of hydrogen-bond donors (Lipinski definition) is 0. The van der Waals surface area contributed by atoms with Crippen LogP contribution >= 0.6 is 58.0 Å². The molecule has 1 rings (SSSR count). The Morgan fingerprint density at radius 1 is 1.17 bits per heavy atom. The lowest BCUT2D eigenvalue weighted by atomic mass is 10.6. The maximum absolute atomic E-state index is 5.56. The van der Waals surface area contributed by atoms with Crippen molar-refractivity contribution in [3.8, 4) is 0 Å². The van der Waals surface area contributed by atoms with Crippen molar-refractivity contribution < 1.29 is 0 Å². The van der Waals surface area contributed by atoms with Gasteiger partial charge < -0.3 is 0 Å². The Balaban J connectivity index is 3.14. The van der Waals surface area contributed by atoms with E-state index in [0.717, 1.165) is 0 Å². The van der Waals surface area contributed by atoms with Crippen molar-refractivity contribution in [1.82, 2.24) is 9.97 Å². The largest absolute Gasteiger partial charge is 0.250 e. The van der Waals surface area contributed by atoms with Crippen LogP contribution in [-0.2, 0) is 3.79 Å². The number of aromatic nitrogens is 2. The lowest BCUT2D eigenvalue weighted by Crippen LogP contribution is -2.06. The summed E-state index contributed by atoms with van der Waals surface area (Å²) in [6.07, 6.45) is 1.27. The minimum absolute atomic E-state index is 0.00176. The molecule has 66 valence electrons. The molecule has 0 unspecified atom stereocenters. The van der Waals surface area contributed by atoms with Crippen LogP contribution in [0.2, 0.25) is 10.2 Å². The maximum Gasteiger partial charge on any atom is 0.250 e. The zero-order chi connectivity index (χ0) is 9.35. The Bertz CT molecular complexity index is 294. The molecule has 7 heteroatoms. The average Bonchev–Trinajstić information content (AvgIpc) is 1.92. The molecule has 0 aromatic carbocycles. The Labute approximate surface area is 93.8 Å². The first-order valence-corrected chi connectivity index (χ1v) is 4.55. The summed E-state index contributed by atoms with van der Waals surface area (Å²) in [6, 6.07) is 0. The fourth-order valence-corrected chi connectivity index (χ4v) is 0.976. The Kier molecular flexibility index (Phi) is 3.29. The molecule has 1 heterocycles. The molecule has 0 spiro atoms. The van der Waals surface area contributed by atoms with Crippen molar-refractivity contribution in [2.24, 2.45) is 0 Å². The minimum atomic E-state index is -1.67. The number of rotatable bonds is 0. The number of alkyl halides is 3. The van der Waals surface area contributed by atoms with Crippen molar-refractivity contribution in [1.29, 1.82) is 0 Å². The van der Waals surface area contributed by atoms with Crippen molar-refractivity contribution in [2.45, 2.75) is 3.79 Å². The van der Waals surface area contributed by atoms with Gasteiger partial charge in [-0.05, 0) is 0 Å². The maximum atomic E-state index is 5.56. The monoisotopic (exact) mass is 264 g/mol. The number of halogens is 5. The molecule has 12 heavy (non-hydrogen) atoms. The van der Waals surface area contributed by atoms with E-state index in [1.54, 1.807) is 0 Å². The number of nitrogens with zero attached hydrogens (tertiary/aromatic N) is 2. The van der Waals surface area contributed by atoms with E-state index < -0.39 is 3.79 Å². The predicted octanol–water partition coefficient (Wildman–Crippen LogP) is 3.61. The lowest BCUT2D eigenvalue weighted by Gasteiger charge is -2.08. The highest BCUT2D eigenvalue weighted by Crippen LogP contribution is 2.36. The van der Waals surface area contributed by atoms with Crippen LogP contribution in [0.4, 0.5) is 0 Å². The summed E-state index contributed by atoms with van der Waals surface area (Å²) in [4.78, 5) is 7.36. The van der Waals surface area contributed by atoms with Crippen molar-refractivity contribution in [2.75, 3.05) is 0 Å². The Morgan fingerprint density at radius 2 is 1.75 bits per heavy atom. The Hall–Kier alpha value is 0.530. The topological polar surface area (TPSA) is 25.8 Å². The van der Waals surface area contributed by atoms with Gasteiger partial charge in [0.1, 0.15) is 0 Å². The average molecular weight is 266 g/mol. The normalized spacial score (nSPS) is 11.8. The van der Waals surface area contributed by atoms with Gasteiger partial charge in [0.25, 0.3) is 0 Å². The fourth-order valence-electron chi connectivity index (χ4n) is 0.483. The molecule has 1 aromatic rings. The zero-order valence-corrected chi connectivity index (χ0v) is 9.14. The molecule has 0 amide bonds. The van der Waals surface area contributed by atoms with Gasteiger partial charge in [0.2, 0.25) is 3.79 Å². The second kappa shape index (κ2) is 3.72. The third-order valence-electron chi connectivity index (χ3n) is 0.955. The first kappa shape index (κ1) is 10.6. The standard InChI is InChI=1S/C5HCl5N2/c6-2-1-11-4(5(8,9)10)12-3(2)7/h1H. The summed E-state index contributed by atoms with van der Waals surface area (Å²) in [5.41, 5.74) is 0. The van der Waals surface area contributed by atoms with Gasteiger partial charge in [0.05, 0.1) is 11.2 Å². The van der Waals surface area contributed by atoms with E-state index >= 15 is 0 Å². The van der Waals surface area contributed by atoms with Gasteiger partial charge in [-0.1, -0.05) is 58.0 Å². The van der Waals surface area contributed by atoms with Crippen LogP contribution in [0, 0.1) is 0 Å². The van der Waals surface area contributed by atoms with Crippen LogP contribution in [0.3, 0.4) is 0 Å². The molecule has 0 aliphatic rings. The van der Waals surface area contributed by atoms with Gasteiger partial charge in [-0.25, -0.2) is 9.97 Å². The summed E-state index contributed by atoms with van der Waals surface area (Å²) < 4.78 is -1.67. The molecule has 1 aromatic heterocycles. The first-order valence-electron chi connectivity index (χ1n) is 2.66. The quantitative estimate of drug-likeness (QED) is 0.529. The summed E-state index contributed by atoms with van der Waals surface area (Å²) in [7, 11) is 0. The van der Waals surface area contributed by atoms with Crippen LogP contribution < -0.4 is 0 Å². The van der Waals surface area contributed by atoms with Crippen LogP contribution in [0.1, 0.15) is 5.82 Å². The van der Waals surface area contributed by atoms with Gasteiger partial charge in [0, 0.05) is 0 Å². The van der Waals surface area contributed by atoms with Crippen molar-refractivity contribution >= 4 is 58.0 Å². The zero-order valence-electron chi connectivity index (χ0n) is 5.36. The summed E-state index contributed by atoms with van der Waals surface area (Å²) in [5.74, 6) is 0.00176. The number of hydrogen-bond acceptors (Lipinski definition) is 2. The molecule has 0 saturated heterocycles. The van der Waals surface area contributed by atoms with E-state index in [1.165, 1.54) is 6.20 Å². The van der Waals surface area contributed by atoms with E-state index in [0.29, 0.717) is 0 Å². The molecule has 0 bridgehead atoms. The minimum Gasteiger partial charge on any atom is -0.235 e. The summed E-state index contributed by atoms with van der Waals surface area (Å²) in [6.45, 7) is 0. The molecular weight excluding hydrogens is 265 g/mol. The third kappa shape index (κ3) is 2.51. The lowest BCUT2D eigenvalue weighted by molar-refractivity contribution is 0.970. The highest BCUT2D eigenvalue weighted by atomic mass is 35.6. The van der Waals surface area contributed by atoms with Gasteiger partial charge in [-0.2, -0.15) is 0 Å². The van der Waals surface area contributed by atoms with Crippen LogP contribution in [0.15, 0.2) is 6.20 Å². The molecule has 0 saturated carbocycles. The Morgan fingerprint density at radius 3 is 2.17 bits per heavy atom. The third-order valence-corrected chi connectivity index (χ3v) is 2.12. The smallest absolute Gasteiger partial charge is 0.235 e. The molecule has 0 N–H and O–H groups in total. The molecule has 2 nitrogen and oxygen atoms in total. The summed E-state index contributed by atoms with van der Waals surface area (Å²) in [5, 5.41) is 0.280.